The molecule has 0 spiro atoms. The molecule has 134 valence electrons. The lowest BCUT2D eigenvalue weighted by Crippen LogP contribution is -2.26. The SMILES string of the molecule is COc1ccc(C(=O)N(C)Cc2ccc(OC)c(OC)c2OC)cn1. The third-order valence-corrected chi connectivity index (χ3v) is 3.73. The van der Waals surface area contributed by atoms with Gasteiger partial charge in [0.2, 0.25) is 11.6 Å². The molecule has 0 aliphatic rings. The highest BCUT2D eigenvalue weighted by molar-refractivity contribution is 5.93. The van der Waals surface area contributed by atoms with Crippen LogP contribution in [0.5, 0.6) is 23.1 Å². The van der Waals surface area contributed by atoms with Crippen molar-refractivity contribution in [2.45, 2.75) is 6.54 Å². The Morgan fingerprint density at radius 1 is 0.960 bits per heavy atom. The molecule has 0 unspecified atom stereocenters. The minimum absolute atomic E-state index is 0.160. The average molecular weight is 346 g/mol. The second kappa shape index (κ2) is 8.23. The molecule has 0 bridgehead atoms. The number of benzene rings is 1. The molecule has 0 N–H and O–H groups in total. The van der Waals surface area contributed by atoms with Crippen molar-refractivity contribution < 1.29 is 23.7 Å². The zero-order valence-corrected chi connectivity index (χ0v) is 15.0. The van der Waals surface area contributed by atoms with Crippen molar-refractivity contribution in [3.63, 3.8) is 0 Å². The van der Waals surface area contributed by atoms with E-state index in [9.17, 15) is 4.79 Å². The van der Waals surface area contributed by atoms with Crippen LogP contribution in [0.3, 0.4) is 0 Å². The summed E-state index contributed by atoms with van der Waals surface area (Å²) in [4.78, 5) is 18.2. The van der Waals surface area contributed by atoms with E-state index in [1.165, 1.54) is 13.3 Å². The number of carbonyl (C=O) groups excluding carboxylic acids is 1. The normalized spacial score (nSPS) is 10.1. The molecular weight excluding hydrogens is 324 g/mol. The van der Waals surface area contributed by atoms with Gasteiger partial charge in [0.05, 0.1) is 34.0 Å². The average Bonchev–Trinajstić information content (AvgIpc) is 2.66. The molecule has 1 amide bonds. The Bertz CT molecular complexity index is 731. The van der Waals surface area contributed by atoms with Crippen molar-refractivity contribution in [3.05, 3.63) is 41.6 Å². The van der Waals surface area contributed by atoms with Gasteiger partial charge in [0.25, 0.3) is 5.91 Å². The number of pyridine rings is 1. The Balaban J connectivity index is 2.24. The summed E-state index contributed by atoms with van der Waals surface area (Å²) in [5.41, 5.74) is 1.28. The first kappa shape index (κ1) is 18.4. The van der Waals surface area contributed by atoms with Gasteiger partial charge in [-0.15, -0.1) is 0 Å². The van der Waals surface area contributed by atoms with Crippen LogP contribution in [-0.2, 0) is 6.54 Å². The summed E-state index contributed by atoms with van der Waals surface area (Å²) in [5, 5.41) is 0. The van der Waals surface area contributed by atoms with Gasteiger partial charge in [-0.25, -0.2) is 4.98 Å². The molecule has 0 radical (unpaired) electrons. The van der Waals surface area contributed by atoms with E-state index in [4.69, 9.17) is 18.9 Å². The van der Waals surface area contributed by atoms with Gasteiger partial charge >= 0.3 is 0 Å². The molecule has 1 aromatic carbocycles. The van der Waals surface area contributed by atoms with Crippen LogP contribution in [0, 0.1) is 0 Å². The van der Waals surface area contributed by atoms with Gasteiger partial charge in [-0.05, 0) is 18.2 Å². The fourth-order valence-corrected chi connectivity index (χ4v) is 2.46. The first-order chi connectivity index (χ1) is 12.0. The molecule has 2 aromatic rings. The van der Waals surface area contributed by atoms with Crippen LogP contribution in [0.2, 0.25) is 0 Å². The highest BCUT2D eigenvalue weighted by atomic mass is 16.5. The molecule has 0 saturated heterocycles. The fraction of sp³-hybridized carbons (Fsp3) is 0.333. The number of ether oxygens (including phenoxy) is 4. The van der Waals surface area contributed by atoms with Crippen LogP contribution in [0.1, 0.15) is 15.9 Å². The molecular formula is C18H22N2O5. The van der Waals surface area contributed by atoms with Gasteiger partial charge in [-0.2, -0.15) is 0 Å². The first-order valence-corrected chi connectivity index (χ1v) is 7.59. The van der Waals surface area contributed by atoms with Crippen molar-refractivity contribution in [1.29, 1.82) is 0 Å². The fourth-order valence-electron chi connectivity index (χ4n) is 2.46. The topological polar surface area (TPSA) is 70.1 Å². The monoisotopic (exact) mass is 346 g/mol. The summed E-state index contributed by atoms with van der Waals surface area (Å²) in [6, 6.07) is 6.95. The van der Waals surface area contributed by atoms with E-state index in [0.717, 1.165) is 5.56 Å². The number of hydrogen-bond donors (Lipinski definition) is 0. The summed E-state index contributed by atoms with van der Waals surface area (Å²) >= 11 is 0. The molecule has 0 atom stereocenters. The maximum absolute atomic E-state index is 12.6. The third-order valence-electron chi connectivity index (χ3n) is 3.73. The largest absolute Gasteiger partial charge is 0.493 e. The summed E-state index contributed by atoms with van der Waals surface area (Å²) < 4.78 is 21.1. The second-order valence-corrected chi connectivity index (χ2v) is 5.24. The maximum atomic E-state index is 12.6. The Morgan fingerprint density at radius 3 is 2.20 bits per heavy atom. The zero-order valence-electron chi connectivity index (χ0n) is 15.0. The van der Waals surface area contributed by atoms with Crippen molar-refractivity contribution in [2.24, 2.45) is 0 Å². The van der Waals surface area contributed by atoms with E-state index in [1.54, 1.807) is 51.5 Å². The standard InChI is InChI=1S/C18H22N2O5/c1-20(18(21)12-7-9-15(23-3)19-10-12)11-13-6-8-14(22-2)17(25-5)16(13)24-4/h6-10H,11H2,1-5H3. The highest BCUT2D eigenvalue weighted by Crippen LogP contribution is 2.40. The molecule has 0 saturated carbocycles. The summed E-state index contributed by atoms with van der Waals surface area (Å²) in [5.74, 6) is 1.90. The molecule has 1 heterocycles. The summed E-state index contributed by atoms with van der Waals surface area (Å²) in [6.07, 6.45) is 1.49. The van der Waals surface area contributed by atoms with E-state index < -0.39 is 0 Å². The summed E-state index contributed by atoms with van der Waals surface area (Å²) in [7, 11) is 7.89. The molecule has 7 heteroatoms. The van der Waals surface area contributed by atoms with Crippen molar-refractivity contribution in [1.82, 2.24) is 9.88 Å². The van der Waals surface area contributed by atoms with Crippen molar-refractivity contribution >= 4 is 5.91 Å². The molecule has 25 heavy (non-hydrogen) atoms. The molecule has 0 aliphatic heterocycles. The first-order valence-electron chi connectivity index (χ1n) is 7.59. The van der Waals surface area contributed by atoms with Crippen LogP contribution >= 0.6 is 0 Å². The van der Waals surface area contributed by atoms with Gasteiger partial charge < -0.3 is 23.8 Å². The zero-order chi connectivity index (χ0) is 18.4. The number of rotatable bonds is 7. The van der Waals surface area contributed by atoms with E-state index in [-0.39, 0.29) is 5.91 Å². The highest BCUT2D eigenvalue weighted by Gasteiger charge is 2.19. The van der Waals surface area contributed by atoms with Crippen LogP contribution < -0.4 is 18.9 Å². The number of amides is 1. The lowest BCUT2D eigenvalue weighted by Gasteiger charge is -2.21. The van der Waals surface area contributed by atoms with Gasteiger partial charge in [0.15, 0.2) is 11.5 Å². The summed E-state index contributed by atoms with van der Waals surface area (Å²) in [6.45, 7) is 0.342. The lowest BCUT2D eigenvalue weighted by molar-refractivity contribution is 0.0783. The van der Waals surface area contributed by atoms with Crippen LogP contribution in [0.15, 0.2) is 30.5 Å². The third kappa shape index (κ3) is 3.93. The van der Waals surface area contributed by atoms with Crippen molar-refractivity contribution in [3.8, 4) is 23.1 Å². The Hall–Kier alpha value is -2.96. The van der Waals surface area contributed by atoms with Crippen LogP contribution in [-0.4, -0.2) is 51.3 Å². The number of methoxy groups -OCH3 is 4. The Kier molecular flexibility index (Phi) is 6.05. The van der Waals surface area contributed by atoms with E-state index >= 15 is 0 Å². The quantitative estimate of drug-likeness (QED) is 0.767. The smallest absolute Gasteiger partial charge is 0.255 e. The van der Waals surface area contributed by atoms with Crippen LogP contribution in [0.25, 0.3) is 0 Å². The number of nitrogens with zero attached hydrogens (tertiary/aromatic N) is 2. The van der Waals surface area contributed by atoms with E-state index in [2.05, 4.69) is 4.98 Å². The van der Waals surface area contributed by atoms with Crippen LogP contribution in [0.4, 0.5) is 0 Å². The molecule has 0 aliphatic carbocycles. The van der Waals surface area contributed by atoms with Gasteiger partial charge in [-0.3, -0.25) is 4.79 Å². The molecule has 0 fully saturated rings. The molecule has 2 rings (SSSR count). The Morgan fingerprint density at radius 2 is 1.68 bits per heavy atom. The maximum Gasteiger partial charge on any atom is 0.255 e. The number of carbonyl (C=O) groups is 1. The number of aromatic nitrogens is 1. The molecule has 1 aromatic heterocycles. The molecule has 7 nitrogen and oxygen atoms in total. The van der Waals surface area contributed by atoms with Gasteiger partial charge in [0.1, 0.15) is 0 Å². The van der Waals surface area contributed by atoms with Gasteiger partial charge in [-0.1, -0.05) is 0 Å². The van der Waals surface area contributed by atoms with Crippen molar-refractivity contribution in [2.75, 3.05) is 35.5 Å². The minimum atomic E-state index is -0.160. The minimum Gasteiger partial charge on any atom is -0.493 e. The lowest BCUT2D eigenvalue weighted by atomic mass is 10.1. The second-order valence-electron chi connectivity index (χ2n) is 5.24. The number of hydrogen-bond acceptors (Lipinski definition) is 6. The van der Waals surface area contributed by atoms with E-state index in [1.807, 2.05) is 6.07 Å². The predicted molar refractivity (Wildman–Crippen MR) is 92.7 cm³/mol. The van der Waals surface area contributed by atoms with E-state index in [0.29, 0.717) is 35.2 Å². The van der Waals surface area contributed by atoms with Gasteiger partial charge in [0, 0.05) is 31.4 Å². The predicted octanol–water partition coefficient (Wildman–Crippen LogP) is 2.39. The Labute approximate surface area is 147 Å².